The van der Waals surface area contributed by atoms with Crippen molar-refractivity contribution in [2.75, 3.05) is 5.75 Å². The fraction of sp³-hybridized carbons (Fsp3) is 0.469. The maximum Gasteiger partial charge on any atom is 0.228 e. The molecular formula is C32H58N2O6S3. The van der Waals surface area contributed by atoms with E-state index in [-0.39, 0.29) is 57.0 Å². The van der Waals surface area contributed by atoms with Crippen molar-refractivity contribution in [1.82, 2.24) is 11.0 Å². The van der Waals surface area contributed by atoms with E-state index < -0.39 is 0 Å². The van der Waals surface area contributed by atoms with Crippen molar-refractivity contribution < 1.29 is 43.2 Å². The Balaban J connectivity index is -0.0000000416. The van der Waals surface area contributed by atoms with Crippen LogP contribution in [0, 0.1) is 82.9 Å². The highest BCUT2D eigenvalue weighted by Gasteiger charge is 2.27. The van der Waals surface area contributed by atoms with Gasteiger partial charge in [0.25, 0.3) is 0 Å². The van der Waals surface area contributed by atoms with E-state index in [1.807, 2.05) is 0 Å². The molecule has 0 unspecified atom stereocenters. The lowest BCUT2D eigenvalue weighted by molar-refractivity contribution is -0.343. The summed E-state index contributed by atoms with van der Waals surface area (Å²) in [5.41, 5.74) is 1.53. The normalized spacial score (nSPS) is 11.2. The average molecular weight is 663 g/mol. The predicted molar refractivity (Wildman–Crippen MR) is 200 cm³/mol. The molecule has 250 valence electrons. The van der Waals surface area contributed by atoms with Crippen LogP contribution in [0.2, 0.25) is 0 Å². The highest BCUT2D eigenvalue weighted by Crippen LogP contribution is 2.19. The van der Waals surface area contributed by atoms with Crippen LogP contribution in [0.1, 0.15) is 99.2 Å². The number of thioether (sulfide) groups is 1. The third kappa shape index (κ3) is 34.7. The maximum atomic E-state index is 11.7. The summed E-state index contributed by atoms with van der Waals surface area (Å²) in [6.45, 7) is 5.62. The average Bonchev–Trinajstić information content (AvgIpc) is 3.38. The van der Waals surface area contributed by atoms with Crippen molar-refractivity contribution in [3.05, 3.63) is 0 Å². The molecule has 0 aliphatic carbocycles. The first-order valence-electron chi connectivity index (χ1n) is 13.1. The van der Waals surface area contributed by atoms with E-state index >= 15 is 0 Å². The van der Waals surface area contributed by atoms with Crippen LogP contribution < -0.4 is 11.0 Å². The molecule has 1 fully saturated rings. The van der Waals surface area contributed by atoms with Gasteiger partial charge in [0, 0.05) is 39.3 Å². The molecule has 0 saturated carbocycles. The first-order chi connectivity index (χ1) is 20.5. The third-order valence-corrected chi connectivity index (χ3v) is 5.78. The fourth-order valence-electron chi connectivity index (χ4n) is 2.87. The molecule has 0 spiro atoms. The van der Waals surface area contributed by atoms with Crippen LogP contribution in [0.4, 0.5) is 0 Å². The molecule has 43 heavy (non-hydrogen) atoms. The molecule has 1 saturated heterocycles. The van der Waals surface area contributed by atoms with Crippen molar-refractivity contribution in [3.63, 3.8) is 0 Å². The molecule has 1 amide bonds. The Morgan fingerprint density at radius 3 is 1.72 bits per heavy atom. The third-order valence-electron chi connectivity index (χ3n) is 4.70. The number of thiol groups is 1. The SMILES string of the molecule is CC#CC#CC#CC#CC#CC#CC#CC.CCCCCCCCCC(=O)CC(=O)N[C@H]1CCSC1=O.OONOS.S.[HH].[HH].[HH].[HH].[HH].[HH].[HH].[HH].[HH].[HH]. The fourth-order valence-corrected chi connectivity index (χ4v) is 3.84. The largest absolute Gasteiger partial charge is 0.345 e. The van der Waals surface area contributed by atoms with E-state index in [0.29, 0.717) is 12.8 Å². The molecule has 1 aliphatic rings. The number of unbranched alkanes of at least 4 members (excludes halogenated alkanes) is 6. The van der Waals surface area contributed by atoms with E-state index in [9.17, 15) is 14.4 Å². The highest BCUT2D eigenvalue weighted by molar-refractivity contribution is 8.14. The molecule has 1 rings (SSSR count). The van der Waals surface area contributed by atoms with E-state index in [4.69, 9.17) is 5.26 Å². The number of rotatable bonds is 13. The zero-order valence-corrected chi connectivity index (χ0v) is 27.4. The highest BCUT2D eigenvalue weighted by atomic mass is 32.2. The zero-order chi connectivity index (χ0) is 31.5. The molecule has 0 aromatic carbocycles. The quantitative estimate of drug-likeness (QED) is 0.0331. The van der Waals surface area contributed by atoms with Crippen LogP contribution in [0.3, 0.4) is 0 Å². The summed E-state index contributed by atoms with van der Waals surface area (Å²) in [5, 5.41) is 9.95. The van der Waals surface area contributed by atoms with E-state index in [1.165, 1.54) is 49.5 Å². The van der Waals surface area contributed by atoms with Gasteiger partial charge >= 0.3 is 0 Å². The summed E-state index contributed by atoms with van der Waals surface area (Å²) in [6, 6.07) is -0.381. The van der Waals surface area contributed by atoms with Crippen molar-refractivity contribution in [3.8, 4) is 82.9 Å². The minimum absolute atomic E-state index is 0. The second kappa shape index (κ2) is 36.6. The summed E-state index contributed by atoms with van der Waals surface area (Å²) < 4.78 is 3.66. The number of ketones is 1. The number of hydrogen-bond donors (Lipinski definition) is 4. The topological polar surface area (TPSA) is 114 Å². The van der Waals surface area contributed by atoms with Crippen molar-refractivity contribution >= 4 is 55.0 Å². The Morgan fingerprint density at radius 1 is 0.884 bits per heavy atom. The van der Waals surface area contributed by atoms with Gasteiger partial charge in [0.15, 0.2) is 0 Å². The molecular weight excluding hydrogens is 605 g/mol. The number of amides is 1. The van der Waals surface area contributed by atoms with E-state index in [1.54, 1.807) is 13.8 Å². The van der Waals surface area contributed by atoms with Crippen LogP contribution >= 0.6 is 38.2 Å². The van der Waals surface area contributed by atoms with Gasteiger partial charge in [-0.3, -0.25) is 14.4 Å². The Hall–Kier alpha value is -3.38. The second-order valence-corrected chi connectivity index (χ2v) is 9.21. The van der Waals surface area contributed by atoms with Gasteiger partial charge in [-0.1, -0.05) is 69.1 Å². The number of Topliss-reactive ketones (excluding diaryl/α,β-unsaturated/α-hetero) is 1. The van der Waals surface area contributed by atoms with Gasteiger partial charge in [-0.05, 0) is 103 Å². The summed E-state index contributed by atoms with van der Waals surface area (Å²) in [7, 11) is 0. The van der Waals surface area contributed by atoms with Gasteiger partial charge in [0.05, 0.1) is 12.5 Å². The van der Waals surface area contributed by atoms with Gasteiger partial charge in [0.2, 0.25) is 11.0 Å². The number of carbonyl (C=O) groups excluding carboxylic acids is 3. The molecule has 3 N–H and O–H groups in total. The Morgan fingerprint density at radius 2 is 1.35 bits per heavy atom. The van der Waals surface area contributed by atoms with Crippen molar-refractivity contribution in [2.24, 2.45) is 0 Å². The van der Waals surface area contributed by atoms with Gasteiger partial charge < -0.3 is 5.32 Å². The Labute approximate surface area is 288 Å². The standard InChI is InChI=1S/C16H27NO3S.C16H6.H3NO3S.H2S.10H2/c1-2-3-4-5-6-7-8-9-13(18)12-15(19)17-14-10-11-21-16(14)20;1-3-5-7-9-11-13-15-16-14-12-10-8-6-4-2;2-3-1-4-5;;;;;;;;;;;/h14H,2-12H2,1H3,(H,17,19);1-2H3;1-2,5H;1H2;10*1H/t14-;;;;;;;;;;;;;/m0............./s1. The molecule has 1 aliphatic heterocycles. The van der Waals surface area contributed by atoms with Gasteiger partial charge in [-0.25, -0.2) is 9.54 Å². The summed E-state index contributed by atoms with van der Waals surface area (Å²) in [4.78, 5) is 37.9. The number of carbonyl (C=O) groups is 3. The van der Waals surface area contributed by atoms with E-state index in [0.717, 1.165) is 18.6 Å². The lowest BCUT2D eigenvalue weighted by Crippen LogP contribution is -2.38. The predicted octanol–water partition coefficient (Wildman–Crippen LogP) is 6.61. The Bertz CT molecular complexity index is 1240. The molecule has 1 heterocycles. The minimum Gasteiger partial charge on any atom is -0.345 e. The zero-order valence-electron chi connectivity index (χ0n) is 24.7. The summed E-state index contributed by atoms with van der Waals surface area (Å²) in [6.07, 6.45) is 9.25. The van der Waals surface area contributed by atoms with Gasteiger partial charge in [-0.2, -0.15) is 13.5 Å². The molecule has 8 nitrogen and oxygen atoms in total. The second-order valence-electron chi connectivity index (χ2n) is 7.93. The maximum absolute atomic E-state index is 11.7. The van der Waals surface area contributed by atoms with Gasteiger partial charge in [0.1, 0.15) is 5.78 Å². The van der Waals surface area contributed by atoms with Crippen LogP contribution in [-0.4, -0.2) is 33.9 Å². The molecule has 0 bridgehead atoms. The van der Waals surface area contributed by atoms with Crippen molar-refractivity contribution in [1.29, 1.82) is 0 Å². The smallest absolute Gasteiger partial charge is 0.228 e. The monoisotopic (exact) mass is 662 g/mol. The van der Waals surface area contributed by atoms with Crippen LogP contribution in [-0.2, 0) is 23.7 Å². The molecule has 1 atom stereocenters. The number of nitrogens with one attached hydrogen (secondary N) is 2. The van der Waals surface area contributed by atoms with Crippen LogP contribution in [0.5, 0.6) is 0 Å². The lowest BCUT2D eigenvalue weighted by Gasteiger charge is -2.09. The molecule has 0 aromatic rings. The summed E-state index contributed by atoms with van der Waals surface area (Å²) in [5.74, 6) is 36.0. The van der Waals surface area contributed by atoms with Crippen LogP contribution in [0.15, 0.2) is 0 Å². The number of hydrogen-bond acceptors (Lipinski definition) is 9. The lowest BCUT2D eigenvalue weighted by atomic mass is 10.1. The molecule has 0 radical (unpaired) electrons. The molecule has 11 heteroatoms. The first-order valence-corrected chi connectivity index (χ1v) is 14.5. The van der Waals surface area contributed by atoms with E-state index in [2.05, 4.69) is 117 Å². The Kier molecular flexibility index (Phi) is 37.6. The first kappa shape index (κ1) is 44.1. The van der Waals surface area contributed by atoms with Crippen LogP contribution in [0.25, 0.3) is 0 Å². The van der Waals surface area contributed by atoms with Crippen molar-refractivity contribution in [2.45, 2.75) is 91.0 Å². The van der Waals surface area contributed by atoms with Gasteiger partial charge in [-0.15, -0.1) is 4.99 Å². The minimum atomic E-state index is -0.381. The molecule has 0 aromatic heterocycles. The summed E-state index contributed by atoms with van der Waals surface area (Å²) >= 11 is 4.36.